The van der Waals surface area contributed by atoms with Crippen molar-refractivity contribution < 1.29 is 9.53 Å². The number of fused-ring (bicyclic) bond motifs is 1. The van der Waals surface area contributed by atoms with Crippen LogP contribution in [0, 0.1) is 0 Å². The molecule has 1 amide bonds. The van der Waals surface area contributed by atoms with E-state index in [1.54, 1.807) is 0 Å². The molecule has 0 aliphatic carbocycles. The average Bonchev–Trinajstić information content (AvgIpc) is 2.87. The highest BCUT2D eigenvalue weighted by molar-refractivity contribution is 5.94. The molecular formula is C14H18N2O2. The number of carbonyl (C=O) groups excluding carboxylic acids is 1. The second-order valence-electron chi connectivity index (χ2n) is 4.92. The average molecular weight is 246 g/mol. The van der Waals surface area contributed by atoms with Crippen molar-refractivity contribution in [3.63, 3.8) is 0 Å². The van der Waals surface area contributed by atoms with Gasteiger partial charge in [-0.25, -0.2) is 0 Å². The zero-order valence-corrected chi connectivity index (χ0v) is 10.4. The van der Waals surface area contributed by atoms with Crippen LogP contribution in [0.4, 0.5) is 0 Å². The third kappa shape index (κ3) is 2.34. The summed E-state index contributed by atoms with van der Waals surface area (Å²) in [4.78, 5) is 12.1. The SMILES string of the molecule is O=C(NC1CCNCC1)c1ccc2c(c1)CCO2. The second-order valence-corrected chi connectivity index (χ2v) is 4.92. The van der Waals surface area contributed by atoms with Gasteiger partial charge in [-0.2, -0.15) is 0 Å². The van der Waals surface area contributed by atoms with Gasteiger partial charge in [-0.1, -0.05) is 0 Å². The van der Waals surface area contributed by atoms with Crippen LogP contribution in [0.2, 0.25) is 0 Å². The first kappa shape index (κ1) is 11.5. The van der Waals surface area contributed by atoms with Gasteiger partial charge in [-0.15, -0.1) is 0 Å². The molecule has 96 valence electrons. The van der Waals surface area contributed by atoms with Crippen LogP contribution in [0.3, 0.4) is 0 Å². The molecule has 2 heterocycles. The Morgan fingerprint density at radius 1 is 1.33 bits per heavy atom. The van der Waals surface area contributed by atoms with Crippen LogP contribution >= 0.6 is 0 Å². The molecule has 0 spiro atoms. The van der Waals surface area contributed by atoms with Gasteiger partial charge in [0.1, 0.15) is 5.75 Å². The molecule has 4 heteroatoms. The number of ether oxygens (including phenoxy) is 1. The summed E-state index contributed by atoms with van der Waals surface area (Å²) in [6.45, 7) is 2.71. The summed E-state index contributed by atoms with van der Waals surface area (Å²) in [5.74, 6) is 0.963. The summed E-state index contributed by atoms with van der Waals surface area (Å²) in [6.07, 6.45) is 2.93. The van der Waals surface area contributed by atoms with Crippen molar-refractivity contribution in [3.05, 3.63) is 29.3 Å². The third-order valence-electron chi connectivity index (χ3n) is 3.63. The van der Waals surface area contributed by atoms with E-state index in [1.165, 1.54) is 0 Å². The number of carbonyl (C=O) groups is 1. The molecule has 0 bridgehead atoms. The standard InChI is InChI=1S/C14H18N2O2/c17-14(16-12-3-6-15-7-4-12)11-1-2-13-10(9-11)5-8-18-13/h1-2,9,12,15H,3-8H2,(H,16,17). The smallest absolute Gasteiger partial charge is 0.251 e. The number of benzene rings is 1. The van der Waals surface area contributed by atoms with E-state index in [9.17, 15) is 4.79 Å². The first-order chi connectivity index (χ1) is 8.83. The van der Waals surface area contributed by atoms with Gasteiger partial charge in [-0.3, -0.25) is 4.79 Å². The molecule has 18 heavy (non-hydrogen) atoms. The highest BCUT2D eigenvalue weighted by atomic mass is 16.5. The van der Waals surface area contributed by atoms with Crippen LogP contribution in [0.1, 0.15) is 28.8 Å². The lowest BCUT2D eigenvalue weighted by Gasteiger charge is -2.23. The van der Waals surface area contributed by atoms with Gasteiger partial charge in [0.25, 0.3) is 5.91 Å². The lowest BCUT2D eigenvalue weighted by Crippen LogP contribution is -2.42. The molecule has 0 unspecified atom stereocenters. The van der Waals surface area contributed by atoms with Gasteiger partial charge in [0.2, 0.25) is 0 Å². The van der Waals surface area contributed by atoms with Crippen LogP contribution < -0.4 is 15.4 Å². The highest BCUT2D eigenvalue weighted by Gasteiger charge is 2.18. The predicted octanol–water partition coefficient (Wildman–Crippen LogP) is 1.10. The molecule has 4 nitrogen and oxygen atoms in total. The van der Waals surface area contributed by atoms with Crippen molar-refractivity contribution in [3.8, 4) is 5.75 Å². The Morgan fingerprint density at radius 2 is 2.17 bits per heavy atom. The van der Waals surface area contributed by atoms with Crippen molar-refractivity contribution >= 4 is 5.91 Å². The normalized spacial score (nSPS) is 19.1. The Morgan fingerprint density at radius 3 is 3.00 bits per heavy atom. The van der Waals surface area contributed by atoms with Gasteiger partial charge in [0.05, 0.1) is 6.61 Å². The second kappa shape index (κ2) is 4.98. The number of nitrogens with one attached hydrogen (secondary N) is 2. The fraction of sp³-hybridized carbons (Fsp3) is 0.500. The summed E-state index contributed by atoms with van der Waals surface area (Å²) in [5, 5.41) is 6.40. The zero-order valence-electron chi connectivity index (χ0n) is 10.4. The third-order valence-corrected chi connectivity index (χ3v) is 3.63. The Kier molecular flexibility index (Phi) is 3.19. The van der Waals surface area contributed by atoms with E-state index in [0.29, 0.717) is 6.04 Å². The lowest BCUT2D eigenvalue weighted by molar-refractivity contribution is 0.0929. The van der Waals surface area contributed by atoms with E-state index in [-0.39, 0.29) is 5.91 Å². The van der Waals surface area contributed by atoms with Crippen LogP contribution in [0.5, 0.6) is 5.75 Å². The molecule has 1 aromatic rings. The molecule has 0 aromatic heterocycles. The number of rotatable bonds is 2. The first-order valence-corrected chi connectivity index (χ1v) is 6.60. The Bertz CT molecular complexity index is 453. The maximum atomic E-state index is 12.1. The van der Waals surface area contributed by atoms with Gasteiger partial charge in [0.15, 0.2) is 0 Å². The molecule has 1 aromatic carbocycles. The molecule has 0 saturated carbocycles. The number of piperidine rings is 1. The Hall–Kier alpha value is -1.55. The summed E-state index contributed by atoms with van der Waals surface area (Å²) >= 11 is 0. The summed E-state index contributed by atoms with van der Waals surface area (Å²) in [5.41, 5.74) is 1.89. The van der Waals surface area contributed by atoms with Gasteiger partial charge in [-0.05, 0) is 49.7 Å². The maximum Gasteiger partial charge on any atom is 0.251 e. The molecule has 2 aliphatic heterocycles. The largest absolute Gasteiger partial charge is 0.493 e. The number of hydrogen-bond acceptors (Lipinski definition) is 3. The fourth-order valence-corrected chi connectivity index (χ4v) is 2.56. The van der Waals surface area contributed by atoms with E-state index >= 15 is 0 Å². The minimum Gasteiger partial charge on any atom is -0.493 e. The quantitative estimate of drug-likeness (QED) is 0.821. The fourth-order valence-electron chi connectivity index (χ4n) is 2.56. The summed E-state index contributed by atoms with van der Waals surface area (Å²) < 4.78 is 5.44. The topological polar surface area (TPSA) is 50.4 Å². The molecule has 1 fully saturated rings. The molecule has 2 aliphatic rings. The van der Waals surface area contributed by atoms with E-state index in [1.807, 2.05) is 18.2 Å². The summed E-state index contributed by atoms with van der Waals surface area (Å²) in [6, 6.07) is 6.02. The molecule has 0 radical (unpaired) electrons. The molecular weight excluding hydrogens is 228 g/mol. The van der Waals surface area contributed by atoms with Crippen molar-refractivity contribution in [2.24, 2.45) is 0 Å². The van der Waals surface area contributed by atoms with Crippen LogP contribution in [-0.4, -0.2) is 31.6 Å². The van der Waals surface area contributed by atoms with Gasteiger partial charge in [0, 0.05) is 18.0 Å². The minimum absolute atomic E-state index is 0.0385. The van der Waals surface area contributed by atoms with E-state index in [4.69, 9.17) is 4.74 Å². The number of amides is 1. The van der Waals surface area contributed by atoms with Crippen molar-refractivity contribution in [1.29, 1.82) is 0 Å². The lowest BCUT2D eigenvalue weighted by atomic mass is 10.0. The van der Waals surface area contributed by atoms with Crippen LogP contribution in [0.25, 0.3) is 0 Å². The monoisotopic (exact) mass is 246 g/mol. The minimum atomic E-state index is 0.0385. The van der Waals surface area contributed by atoms with Crippen molar-refractivity contribution in [2.75, 3.05) is 19.7 Å². The number of hydrogen-bond donors (Lipinski definition) is 2. The van der Waals surface area contributed by atoms with Crippen molar-refractivity contribution in [1.82, 2.24) is 10.6 Å². The molecule has 2 N–H and O–H groups in total. The van der Waals surface area contributed by atoms with Crippen LogP contribution in [-0.2, 0) is 6.42 Å². The first-order valence-electron chi connectivity index (χ1n) is 6.60. The maximum absolute atomic E-state index is 12.1. The summed E-state index contributed by atoms with van der Waals surface area (Å²) in [7, 11) is 0. The molecule has 1 saturated heterocycles. The zero-order chi connectivity index (χ0) is 12.4. The molecule has 0 atom stereocenters. The van der Waals surface area contributed by atoms with Crippen LogP contribution in [0.15, 0.2) is 18.2 Å². The van der Waals surface area contributed by atoms with Gasteiger partial charge >= 0.3 is 0 Å². The van der Waals surface area contributed by atoms with Gasteiger partial charge < -0.3 is 15.4 Å². The van der Waals surface area contributed by atoms with E-state index in [2.05, 4.69) is 10.6 Å². The Balaban J connectivity index is 1.68. The highest BCUT2D eigenvalue weighted by Crippen LogP contribution is 2.25. The van der Waals surface area contributed by atoms with E-state index < -0.39 is 0 Å². The van der Waals surface area contributed by atoms with Crippen molar-refractivity contribution in [2.45, 2.75) is 25.3 Å². The predicted molar refractivity (Wildman–Crippen MR) is 69.0 cm³/mol. The Labute approximate surface area is 107 Å². The van der Waals surface area contributed by atoms with E-state index in [0.717, 1.165) is 55.8 Å². The molecule has 3 rings (SSSR count).